The van der Waals surface area contributed by atoms with Crippen LogP contribution >= 0.6 is 0 Å². The van der Waals surface area contributed by atoms with Crippen molar-refractivity contribution in [3.8, 4) is 0 Å². The Morgan fingerprint density at radius 3 is 2.70 bits per heavy atom. The Labute approximate surface area is 118 Å². The molecular formula is C15H20N2O3. The van der Waals surface area contributed by atoms with E-state index in [2.05, 4.69) is 19.2 Å². The van der Waals surface area contributed by atoms with E-state index in [0.717, 1.165) is 19.5 Å². The van der Waals surface area contributed by atoms with Crippen LogP contribution in [0.15, 0.2) is 24.3 Å². The smallest absolute Gasteiger partial charge is 0.335 e. The largest absolute Gasteiger partial charge is 0.478 e. The molecule has 0 radical (unpaired) electrons. The number of hydrogen-bond donors (Lipinski definition) is 2. The van der Waals surface area contributed by atoms with Crippen molar-refractivity contribution < 1.29 is 14.7 Å². The maximum absolute atomic E-state index is 12.2. The molecule has 1 aromatic carbocycles. The van der Waals surface area contributed by atoms with Crippen molar-refractivity contribution >= 4 is 17.7 Å². The maximum Gasteiger partial charge on any atom is 0.335 e. The lowest BCUT2D eigenvalue weighted by Crippen LogP contribution is -2.44. The molecule has 5 nitrogen and oxygen atoms in total. The van der Waals surface area contributed by atoms with Gasteiger partial charge in [-0.3, -0.25) is 0 Å². The highest BCUT2D eigenvalue weighted by Gasteiger charge is 2.25. The molecular weight excluding hydrogens is 256 g/mol. The number of carboxylic acid groups (broad SMARTS) is 1. The number of benzene rings is 1. The number of likely N-dealkylation sites (tertiary alicyclic amines) is 1. The van der Waals surface area contributed by atoms with E-state index < -0.39 is 5.97 Å². The van der Waals surface area contributed by atoms with E-state index in [4.69, 9.17) is 5.11 Å². The zero-order valence-electron chi connectivity index (χ0n) is 11.8. The number of aromatic carboxylic acids is 1. The Kier molecular flexibility index (Phi) is 4.27. The van der Waals surface area contributed by atoms with E-state index in [0.29, 0.717) is 17.5 Å². The highest BCUT2D eigenvalue weighted by atomic mass is 16.4. The number of nitrogens with zero attached hydrogens (tertiary/aromatic N) is 1. The van der Waals surface area contributed by atoms with Crippen LogP contribution in [0.4, 0.5) is 10.5 Å². The molecule has 0 saturated carbocycles. The molecule has 2 amide bonds. The summed E-state index contributed by atoms with van der Waals surface area (Å²) in [6.45, 7) is 5.84. The Hall–Kier alpha value is -2.04. The van der Waals surface area contributed by atoms with Crippen LogP contribution in [-0.2, 0) is 0 Å². The standard InChI is InChI=1S/C15H20N2O3/c1-10-6-7-17(9-11(10)2)15(20)16-13-5-3-4-12(8-13)14(18)19/h3-5,8,10-11H,6-7,9H2,1-2H3,(H,16,20)(H,18,19). The second-order valence-corrected chi connectivity index (χ2v) is 5.51. The van der Waals surface area contributed by atoms with Gasteiger partial charge in [0, 0.05) is 18.8 Å². The fourth-order valence-electron chi connectivity index (χ4n) is 2.38. The number of rotatable bonds is 2. The van der Waals surface area contributed by atoms with Crippen LogP contribution in [0, 0.1) is 11.8 Å². The van der Waals surface area contributed by atoms with Gasteiger partial charge in [-0.15, -0.1) is 0 Å². The SMILES string of the molecule is CC1CCN(C(=O)Nc2cccc(C(=O)O)c2)CC1C. The summed E-state index contributed by atoms with van der Waals surface area (Å²) < 4.78 is 0. The quantitative estimate of drug-likeness (QED) is 0.872. The van der Waals surface area contributed by atoms with E-state index in [-0.39, 0.29) is 11.6 Å². The van der Waals surface area contributed by atoms with Gasteiger partial charge in [-0.2, -0.15) is 0 Å². The molecule has 2 unspecified atom stereocenters. The van der Waals surface area contributed by atoms with E-state index in [1.165, 1.54) is 12.1 Å². The summed E-state index contributed by atoms with van der Waals surface area (Å²) in [5.74, 6) is 0.121. The van der Waals surface area contributed by atoms with Gasteiger partial charge in [0.05, 0.1) is 5.56 Å². The second kappa shape index (κ2) is 5.94. The first-order chi connectivity index (χ1) is 9.47. The summed E-state index contributed by atoms with van der Waals surface area (Å²) in [6.07, 6.45) is 1.00. The van der Waals surface area contributed by atoms with Crippen molar-refractivity contribution in [3.05, 3.63) is 29.8 Å². The molecule has 1 fully saturated rings. The van der Waals surface area contributed by atoms with E-state index in [1.54, 1.807) is 17.0 Å². The molecule has 5 heteroatoms. The zero-order valence-corrected chi connectivity index (χ0v) is 11.8. The summed E-state index contributed by atoms with van der Waals surface area (Å²) in [5.41, 5.74) is 0.685. The van der Waals surface area contributed by atoms with Gasteiger partial charge in [-0.25, -0.2) is 9.59 Å². The Morgan fingerprint density at radius 2 is 2.05 bits per heavy atom. The highest BCUT2D eigenvalue weighted by molar-refractivity contribution is 5.93. The minimum Gasteiger partial charge on any atom is -0.478 e. The summed E-state index contributed by atoms with van der Waals surface area (Å²) in [7, 11) is 0. The number of nitrogens with one attached hydrogen (secondary N) is 1. The molecule has 2 atom stereocenters. The number of piperidine rings is 1. The van der Waals surface area contributed by atoms with Crippen LogP contribution in [0.2, 0.25) is 0 Å². The molecule has 0 aliphatic carbocycles. The monoisotopic (exact) mass is 276 g/mol. The highest BCUT2D eigenvalue weighted by Crippen LogP contribution is 2.23. The minimum atomic E-state index is -0.999. The van der Waals surface area contributed by atoms with Crippen molar-refractivity contribution in [2.24, 2.45) is 11.8 Å². The van der Waals surface area contributed by atoms with Crippen molar-refractivity contribution in [3.63, 3.8) is 0 Å². The number of anilines is 1. The molecule has 0 aromatic heterocycles. The van der Waals surface area contributed by atoms with Crippen LogP contribution < -0.4 is 5.32 Å². The summed E-state index contributed by atoms with van der Waals surface area (Å²) in [4.78, 5) is 24.9. The molecule has 2 rings (SSSR count). The van der Waals surface area contributed by atoms with Gasteiger partial charge in [0.15, 0.2) is 0 Å². The van der Waals surface area contributed by atoms with E-state index in [9.17, 15) is 9.59 Å². The Morgan fingerprint density at radius 1 is 1.30 bits per heavy atom. The topological polar surface area (TPSA) is 69.6 Å². The molecule has 20 heavy (non-hydrogen) atoms. The van der Waals surface area contributed by atoms with Crippen LogP contribution in [0.5, 0.6) is 0 Å². The molecule has 1 aromatic rings. The average molecular weight is 276 g/mol. The van der Waals surface area contributed by atoms with Crippen LogP contribution in [0.25, 0.3) is 0 Å². The van der Waals surface area contributed by atoms with Gasteiger partial charge in [0.1, 0.15) is 0 Å². The molecule has 2 N–H and O–H groups in total. The minimum absolute atomic E-state index is 0.161. The number of carboxylic acids is 1. The fraction of sp³-hybridized carbons (Fsp3) is 0.467. The number of carbonyl (C=O) groups is 2. The van der Waals surface area contributed by atoms with Crippen molar-refractivity contribution in [1.29, 1.82) is 0 Å². The fourth-order valence-corrected chi connectivity index (χ4v) is 2.38. The van der Waals surface area contributed by atoms with Crippen LogP contribution in [-0.4, -0.2) is 35.1 Å². The molecule has 108 valence electrons. The first-order valence-corrected chi connectivity index (χ1v) is 6.86. The number of amides is 2. The third-order valence-electron chi connectivity index (χ3n) is 3.98. The van der Waals surface area contributed by atoms with Crippen molar-refractivity contribution in [1.82, 2.24) is 4.90 Å². The lowest BCUT2D eigenvalue weighted by molar-refractivity contribution is 0.0697. The lowest BCUT2D eigenvalue weighted by Gasteiger charge is -2.35. The zero-order chi connectivity index (χ0) is 14.7. The summed E-state index contributed by atoms with van der Waals surface area (Å²) >= 11 is 0. The van der Waals surface area contributed by atoms with Gasteiger partial charge in [-0.1, -0.05) is 19.9 Å². The summed E-state index contributed by atoms with van der Waals surface area (Å²) in [6, 6.07) is 6.13. The second-order valence-electron chi connectivity index (χ2n) is 5.51. The molecule has 1 saturated heterocycles. The first kappa shape index (κ1) is 14.4. The Bertz CT molecular complexity index is 516. The van der Waals surface area contributed by atoms with Gasteiger partial charge in [0.2, 0.25) is 0 Å². The lowest BCUT2D eigenvalue weighted by atomic mass is 9.89. The predicted molar refractivity (Wildman–Crippen MR) is 76.9 cm³/mol. The van der Waals surface area contributed by atoms with E-state index in [1.807, 2.05) is 0 Å². The van der Waals surface area contributed by atoms with E-state index >= 15 is 0 Å². The van der Waals surface area contributed by atoms with Gasteiger partial charge >= 0.3 is 12.0 Å². The molecule has 1 aliphatic rings. The van der Waals surface area contributed by atoms with Crippen LogP contribution in [0.1, 0.15) is 30.6 Å². The molecule has 1 heterocycles. The summed E-state index contributed by atoms with van der Waals surface area (Å²) in [5, 5.41) is 11.7. The van der Waals surface area contributed by atoms with Crippen molar-refractivity contribution in [2.75, 3.05) is 18.4 Å². The Balaban J connectivity index is 2.01. The average Bonchev–Trinajstić information content (AvgIpc) is 2.42. The molecule has 1 aliphatic heterocycles. The number of carbonyl (C=O) groups excluding carboxylic acids is 1. The van der Waals surface area contributed by atoms with Gasteiger partial charge < -0.3 is 15.3 Å². The van der Waals surface area contributed by atoms with Crippen LogP contribution in [0.3, 0.4) is 0 Å². The number of hydrogen-bond acceptors (Lipinski definition) is 2. The first-order valence-electron chi connectivity index (χ1n) is 6.86. The van der Waals surface area contributed by atoms with Gasteiger partial charge in [0.25, 0.3) is 0 Å². The third-order valence-corrected chi connectivity index (χ3v) is 3.98. The normalized spacial score (nSPS) is 22.4. The van der Waals surface area contributed by atoms with Crippen molar-refractivity contribution in [2.45, 2.75) is 20.3 Å². The third kappa shape index (κ3) is 3.29. The number of urea groups is 1. The molecule has 0 bridgehead atoms. The van der Waals surface area contributed by atoms with Gasteiger partial charge in [-0.05, 0) is 36.5 Å². The predicted octanol–water partition coefficient (Wildman–Crippen LogP) is 2.89. The molecule has 0 spiro atoms. The maximum atomic E-state index is 12.2.